The van der Waals surface area contributed by atoms with Gasteiger partial charge in [0, 0.05) is 10.7 Å². The number of amides is 1. The van der Waals surface area contributed by atoms with E-state index < -0.39 is 37.8 Å². The number of rotatable bonds is 3. The van der Waals surface area contributed by atoms with Crippen LogP contribution in [0.3, 0.4) is 0 Å². The highest BCUT2D eigenvalue weighted by atomic mass is 35.5. The van der Waals surface area contributed by atoms with Crippen molar-refractivity contribution in [2.24, 2.45) is 11.8 Å². The van der Waals surface area contributed by atoms with Gasteiger partial charge in [0.2, 0.25) is 5.91 Å². The normalized spacial score (nSPS) is 34.9. The second-order valence-corrected chi connectivity index (χ2v) is 9.63. The van der Waals surface area contributed by atoms with Crippen LogP contribution in [-0.4, -0.2) is 31.1 Å². The minimum absolute atomic E-state index is 0.255. The van der Waals surface area contributed by atoms with Gasteiger partial charge in [0.05, 0.1) is 21.9 Å². The molecule has 0 radical (unpaired) electrons. The first-order valence-electron chi connectivity index (χ1n) is 7.01. The standard InChI is InChI=1S/C15H8Cl7NO3/c16-5-1-3-6(4-2-5)23-11(24)7-8(12(25)26)14(20)10(18)9(17)13(7,19)15(14,21)22/h1-4,7-8H,(H,23,24)(H,25,26)/t7-,8+,13-,14-/m0/s1. The van der Waals surface area contributed by atoms with Gasteiger partial charge in [-0.1, -0.05) is 58.0 Å². The van der Waals surface area contributed by atoms with E-state index in [1.165, 1.54) is 12.1 Å². The third-order valence-corrected chi connectivity index (χ3v) is 9.11. The Morgan fingerprint density at radius 2 is 1.35 bits per heavy atom. The molecular weight excluding hydrogens is 490 g/mol. The van der Waals surface area contributed by atoms with Gasteiger partial charge < -0.3 is 10.4 Å². The minimum Gasteiger partial charge on any atom is -0.481 e. The Morgan fingerprint density at radius 1 is 0.885 bits per heavy atom. The van der Waals surface area contributed by atoms with Crippen LogP contribution in [0.25, 0.3) is 0 Å². The number of allylic oxidation sites excluding steroid dienone is 2. The number of hydrogen-bond donors (Lipinski definition) is 2. The molecule has 0 unspecified atom stereocenters. The van der Waals surface area contributed by atoms with E-state index in [0.29, 0.717) is 10.7 Å². The second-order valence-electron chi connectivity index (χ2n) is 5.92. The fourth-order valence-corrected chi connectivity index (χ4v) is 6.44. The van der Waals surface area contributed by atoms with Crippen molar-refractivity contribution in [3.05, 3.63) is 39.4 Å². The maximum atomic E-state index is 12.9. The quantitative estimate of drug-likeness (QED) is 0.546. The summed E-state index contributed by atoms with van der Waals surface area (Å²) >= 11 is 43.8. The fourth-order valence-electron chi connectivity index (χ4n) is 3.38. The molecule has 2 N–H and O–H groups in total. The van der Waals surface area contributed by atoms with Crippen LogP contribution in [0, 0.1) is 11.8 Å². The molecule has 140 valence electrons. The number of carbonyl (C=O) groups is 2. The number of carbonyl (C=O) groups excluding carboxylic acids is 1. The van der Waals surface area contributed by atoms with E-state index in [1.807, 2.05) is 0 Å². The molecule has 0 heterocycles. The zero-order valence-corrected chi connectivity index (χ0v) is 17.7. The van der Waals surface area contributed by atoms with Gasteiger partial charge in [-0.3, -0.25) is 9.59 Å². The maximum absolute atomic E-state index is 12.9. The molecule has 3 rings (SSSR count). The third kappa shape index (κ3) is 2.43. The molecule has 1 amide bonds. The first-order chi connectivity index (χ1) is 11.9. The molecular formula is C15H8Cl7NO3. The van der Waals surface area contributed by atoms with Crippen LogP contribution in [0.5, 0.6) is 0 Å². The molecule has 4 nitrogen and oxygen atoms in total. The Balaban J connectivity index is 2.10. The van der Waals surface area contributed by atoms with Crippen LogP contribution < -0.4 is 5.32 Å². The number of carboxylic acids is 1. The molecule has 1 aromatic rings. The molecule has 0 aliphatic heterocycles. The van der Waals surface area contributed by atoms with Crippen molar-refractivity contribution in [3.8, 4) is 0 Å². The fraction of sp³-hybridized carbons (Fsp3) is 0.333. The molecule has 11 heteroatoms. The van der Waals surface area contributed by atoms with Crippen molar-refractivity contribution in [2.75, 3.05) is 5.32 Å². The lowest BCUT2D eigenvalue weighted by Gasteiger charge is -2.33. The molecule has 1 aromatic carbocycles. The first kappa shape index (κ1) is 20.7. The van der Waals surface area contributed by atoms with Crippen LogP contribution in [0.1, 0.15) is 0 Å². The average Bonchev–Trinajstić information content (AvgIpc) is 2.77. The molecule has 1 saturated carbocycles. The Bertz CT molecular complexity index is 840. The van der Waals surface area contributed by atoms with Crippen molar-refractivity contribution in [2.45, 2.75) is 14.1 Å². The number of halogens is 7. The monoisotopic (exact) mass is 495 g/mol. The van der Waals surface area contributed by atoms with E-state index in [-0.39, 0.29) is 10.1 Å². The van der Waals surface area contributed by atoms with E-state index in [1.54, 1.807) is 12.1 Å². The molecule has 2 aliphatic carbocycles. The van der Waals surface area contributed by atoms with Gasteiger partial charge in [0.25, 0.3) is 0 Å². The van der Waals surface area contributed by atoms with Crippen molar-refractivity contribution in [3.63, 3.8) is 0 Å². The minimum atomic E-state index is -2.14. The van der Waals surface area contributed by atoms with Crippen LogP contribution >= 0.6 is 81.2 Å². The van der Waals surface area contributed by atoms with Crippen molar-refractivity contribution in [1.82, 2.24) is 0 Å². The number of alkyl halides is 4. The van der Waals surface area contributed by atoms with E-state index in [4.69, 9.17) is 81.2 Å². The summed E-state index contributed by atoms with van der Waals surface area (Å²) in [6, 6.07) is 6.14. The molecule has 26 heavy (non-hydrogen) atoms. The highest BCUT2D eigenvalue weighted by molar-refractivity contribution is 6.66. The summed E-state index contributed by atoms with van der Waals surface area (Å²) in [7, 11) is 0. The first-order valence-corrected chi connectivity index (χ1v) is 9.66. The number of nitrogens with one attached hydrogen (secondary N) is 1. The van der Waals surface area contributed by atoms with E-state index >= 15 is 0 Å². The Kier molecular flexibility index (Phi) is 5.15. The van der Waals surface area contributed by atoms with E-state index in [9.17, 15) is 14.7 Å². The topological polar surface area (TPSA) is 66.4 Å². The summed E-state index contributed by atoms with van der Waals surface area (Å²) in [5, 5.41) is 12.2. The average molecular weight is 498 g/mol. The highest BCUT2D eigenvalue weighted by Crippen LogP contribution is 2.76. The number of anilines is 1. The van der Waals surface area contributed by atoms with Crippen molar-refractivity contribution >= 4 is 98.8 Å². The Labute approximate surface area is 183 Å². The van der Waals surface area contributed by atoms with Gasteiger partial charge in [-0.15, -0.1) is 23.2 Å². The van der Waals surface area contributed by atoms with E-state index in [2.05, 4.69) is 5.32 Å². The number of carboxylic acid groups (broad SMARTS) is 1. The zero-order chi connectivity index (χ0) is 19.7. The molecule has 2 bridgehead atoms. The Morgan fingerprint density at radius 3 is 1.81 bits per heavy atom. The molecule has 0 aromatic heterocycles. The summed E-state index contributed by atoms with van der Waals surface area (Å²) in [5.74, 6) is -5.31. The number of aliphatic carboxylic acids is 1. The predicted molar refractivity (Wildman–Crippen MR) is 105 cm³/mol. The molecule has 0 spiro atoms. The van der Waals surface area contributed by atoms with Crippen LogP contribution in [-0.2, 0) is 9.59 Å². The summed E-state index contributed by atoms with van der Waals surface area (Å²) < 4.78 is -2.14. The zero-order valence-electron chi connectivity index (χ0n) is 12.4. The van der Waals surface area contributed by atoms with Crippen molar-refractivity contribution < 1.29 is 14.7 Å². The third-order valence-electron chi connectivity index (χ3n) is 4.60. The summed E-state index contributed by atoms with van der Waals surface area (Å²) in [4.78, 5) is 20.7. The van der Waals surface area contributed by atoms with Gasteiger partial charge in [0.1, 0.15) is 9.75 Å². The predicted octanol–water partition coefficient (Wildman–Crippen LogP) is 5.44. The number of fused-ring (bicyclic) bond motifs is 2. The van der Waals surface area contributed by atoms with Crippen molar-refractivity contribution in [1.29, 1.82) is 0 Å². The summed E-state index contributed by atoms with van der Waals surface area (Å²) in [6.07, 6.45) is 0. The van der Waals surface area contributed by atoms with Crippen LogP contribution in [0.2, 0.25) is 5.02 Å². The highest BCUT2D eigenvalue weighted by Gasteiger charge is 2.85. The van der Waals surface area contributed by atoms with Crippen LogP contribution in [0.4, 0.5) is 5.69 Å². The Hall–Kier alpha value is -0.0700. The second kappa shape index (κ2) is 6.48. The van der Waals surface area contributed by atoms with E-state index in [0.717, 1.165) is 0 Å². The van der Waals surface area contributed by atoms with Gasteiger partial charge in [0.15, 0.2) is 4.33 Å². The number of benzene rings is 1. The molecule has 4 atom stereocenters. The smallest absolute Gasteiger partial charge is 0.309 e. The summed E-state index contributed by atoms with van der Waals surface area (Å²) in [6.45, 7) is 0. The lowest BCUT2D eigenvalue weighted by molar-refractivity contribution is -0.146. The van der Waals surface area contributed by atoms with Gasteiger partial charge in [-0.25, -0.2) is 0 Å². The summed E-state index contributed by atoms with van der Waals surface area (Å²) in [5.41, 5.74) is 0.358. The van der Waals surface area contributed by atoms with Gasteiger partial charge >= 0.3 is 5.97 Å². The van der Waals surface area contributed by atoms with Gasteiger partial charge in [-0.05, 0) is 24.3 Å². The van der Waals surface area contributed by atoms with Crippen LogP contribution in [0.15, 0.2) is 34.3 Å². The maximum Gasteiger partial charge on any atom is 0.309 e. The SMILES string of the molecule is O=C(Nc1ccc(Cl)cc1)[C@@H]1[C@H](C(=O)O)[C@]2(Cl)C(Cl)=C(Cl)[C@]1(Cl)C2(Cl)Cl. The largest absolute Gasteiger partial charge is 0.481 e. The molecule has 0 saturated heterocycles. The molecule has 1 fully saturated rings. The van der Waals surface area contributed by atoms with Gasteiger partial charge in [-0.2, -0.15) is 0 Å². The number of hydrogen-bond acceptors (Lipinski definition) is 2. The lowest BCUT2D eigenvalue weighted by Crippen LogP contribution is -2.47. The molecule has 2 aliphatic rings. The lowest BCUT2D eigenvalue weighted by atomic mass is 9.81.